The van der Waals surface area contributed by atoms with Crippen LogP contribution in [0.3, 0.4) is 0 Å². The van der Waals surface area contributed by atoms with Gasteiger partial charge in [0.1, 0.15) is 0 Å². The van der Waals surface area contributed by atoms with Crippen molar-refractivity contribution in [1.29, 1.82) is 0 Å². The molecule has 0 aromatic carbocycles. The smallest absolute Gasteiger partial charge is 0.0998 e. The summed E-state index contributed by atoms with van der Waals surface area (Å²) < 4.78 is 10.7. The van der Waals surface area contributed by atoms with Gasteiger partial charge in [0, 0.05) is 0 Å². The van der Waals surface area contributed by atoms with Crippen molar-refractivity contribution in [2.75, 3.05) is 0 Å². The van der Waals surface area contributed by atoms with E-state index in [0.29, 0.717) is 0 Å². The minimum atomic E-state index is -0.130. The average Bonchev–Trinajstić information content (AvgIpc) is 1.92. The quantitative estimate of drug-likeness (QED) is 0.509. The van der Waals surface area contributed by atoms with E-state index in [2.05, 4.69) is 0 Å². The van der Waals surface area contributed by atoms with Crippen molar-refractivity contribution in [3.05, 3.63) is 24.7 Å². The van der Waals surface area contributed by atoms with Crippen LogP contribution < -0.4 is 0 Å². The van der Waals surface area contributed by atoms with Gasteiger partial charge < -0.3 is 9.47 Å². The van der Waals surface area contributed by atoms with Gasteiger partial charge in [-0.2, -0.15) is 0 Å². The van der Waals surface area contributed by atoms with E-state index in [4.69, 9.17) is 9.47 Å². The number of allylic oxidation sites excluding steroid dienone is 2. The van der Waals surface area contributed by atoms with E-state index in [1.807, 2.05) is 53.7 Å². The van der Waals surface area contributed by atoms with Crippen molar-refractivity contribution in [3.8, 4) is 0 Å². The summed E-state index contributed by atoms with van der Waals surface area (Å²) in [6.45, 7) is 12.0. The predicted octanol–water partition coefficient (Wildman–Crippen LogP) is 3.64. The van der Waals surface area contributed by atoms with Crippen LogP contribution in [0.4, 0.5) is 0 Å². The lowest BCUT2D eigenvalue weighted by molar-refractivity contribution is 0.0740. The second kappa shape index (κ2) is 5.08. The Balaban J connectivity index is 3.73. The molecule has 0 aliphatic heterocycles. The lowest BCUT2D eigenvalue weighted by atomic mass is 10.2. The molecule has 0 spiro atoms. The van der Waals surface area contributed by atoms with Gasteiger partial charge in [-0.15, -0.1) is 0 Å². The maximum atomic E-state index is 5.37. The van der Waals surface area contributed by atoms with Crippen LogP contribution in [0.1, 0.15) is 41.5 Å². The van der Waals surface area contributed by atoms with Gasteiger partial charge in [-0.05, 0) is 53.7 Å². The molecule has 0 fully saturated rings. The Morgan fingerprint density at radius 1 is 0.643 bits per heavy atom. The molecule has 2 heteroatoms. The minimum absolute atomic E-state index is 0.130. The van der Waals surface area contributed by atoms with Crippen molar-refractivity contribution in [2.24, 2.45) is 0 Å². The summed E-state index contributed by atoms with van der Waals surface area (Å²) in [5.41, 5.74) is -0.259. The molecule has 0 heterocycles. The first-order chi connectivity index (χ1) is 6.21. The van der Waals surface area contributed by atoms with Gasteiger partial charge in [0.2, 0.25) is 0 Å². The molecule has 0 N–H and O–H groups in total. The van der Waals surface area contributed by atoms with Gasteiger partial charge >= 0.3 is 0 Å². The third-order valence-electron chi connectivity index (χ3n) is 1.11. The number of ether oxygens (including phenoxy) is 2. The zero-order valence-corrected chi connectivity index (χ0v) is 10.1. The highest BCUT2D eigenvalue weighted by Gasteiger charge is 2.07. The summed E-state index contributed by atoms with van der Waals surface area (Å²) in [6.07, 6.45) is 6.97. The Hall–Kier alpha value is -0.920. The van der Waals surface area contributed by atoms with Crippen molar-refractivity contribution in [1.82, 2.24) is 0 Å². The van der Waals surface area contributed by atoms with Gasteiger partial charge in [-0.3, -0.25) is 0 Å². The van der Waals surface area contributed by atoms with E-state index < -0.39 is 0 Å². The summed E-state index contributed by atoms with van der Waals surface area (Å²) in [5.74, 6) is 0. The summed E-state index contributed by atoms with van der Waals surface area (Å²) in [6, 6.07) is 0. The van der Waals surface area contributed by atoms with Crippen LogP contribution in [0, 0.1) is 0 Å². The molecule has 14 heavy (non-hydrogen) atoms. The van der Waals surface area contributed by atoms with Crippen LogP contribution in [0.25, 0.3) is 0 Å². The van der Waals surface area contributed by atoms with Crippen LogP contribution in [-0.2, 0) is 9.47 Å². The number of rotatable bonds is 3. The van der Waals surface area contributed by atoms with Gasteiger partial charge in [-0.1, -0.05) is 0 Å². The second-order valence-corrected chi connectivity index (χ2v) is 5.12. The van der Waals surface area contributed by atoms with Crippen molar-refractivity contribution in [2.45, 2.75) is 52.7 Å². The molecule has 0 rings (SSSR count). The molecule has 82 valence electrons. The number of hydrogen-bond donors (Lipinski definition) is 0. The highest BCUT2D eigenvalue weighted by Crippen LogP contribution is 2.08. The fraction of sp³-hybridized carbons (Fsp3) is 0.667. The largest absolute Gasteiger partial charge is 0.496 e. The Bertz CT molecular complexity index is 177. The molecule has 0 aliphatic carbocycles. The van der Waals surface area contributed by atoms with Crippen LogP contribution in [-0.4, -0.2) is 11.2 Å². The normalized spacial score (nSPS) is 13.9. The van der Waals surface area contributed by atoms with Crippen LogP contribution in [0.15, 0.2) is 24.7 Å². The number of hydrogen-bond acceptors (Lipinski definition) is 2. The topological polar surface area (TPSA) is 18.5 Å². The Morgan fingerprint density at radius 3 is 1.14 bits per heavy atom. The van der Waals surface area contributed by atoms with Gasteiger partial charge in [0.15, 0.2) is 0 Å². The molecular formula is C12H22O2. The van der Waals surface area contributed by atoms with E-state index in [9.17, 15) is 0 Å². The molecule has 0 saturated carbocycles. The predicted molar refractivity (Wildman–Crippen MR) is 60.0 cm³/mol. The van der Waals surface area contributed by atoms with Crippen LogP contribution in [0.2, 0.25) is 0 Å². The maximum absolute atomic E-state index is 5.37. The molecule has 0 aliphatic rings. The molecule has 0 radical (unpaired) electrons. The molecule has 0 aromatic rings. The summed E-state index contributed by atoms with van der Waals surface area (Å²) in [5, 5.41) is 0. The van der Waals surface area contributed by atoms with Gasteiger partial charge in [0.05, 0.1) is 23.7 Å². The zero-order chi connectivity index (χ0) is 11.2. The Morgan fingerprint density at radius 2 is 0.929 bits per heavy atom. The van der Waals surface area contributed by atoms with E-state index in [0.717, 1.165) is 0 Å². The summed E-state index contributed by atoms with van der Waals surface area (Å²) >= 11 is 0. The fourth-order valence-electron chi connectivity index (χ4n) is 0.578. The SMILES string of the molecule is CC(C)(C)O/C=C/C=C/OC(C)(C)C. The van der Waals surface area contributed by atoms with Crippen molar-refractivity contribution < 1.29 is 9.47 Å². The van der Waals surface area contributed by atoms with E-state index in [-0.39, 0.29) is 11.2 Å². The van der Waals surface area contributed by atoms with E-state index in [1.54, 1.807) is 12.5 Å². The summed E-state index contributed by atoms with van der Waals surface area (Å²) in [4.78, 5) is 0. The highest BCUT2D eigenvalue weighted by atomic mass is 16.5. The molecule has 0 unspecified atom stereocenters. The van der Waals surface area contributed by atoms with E-state index >= 15 is 0 Å². The first-order valence-electron chi connectivity index (χ1n) is 4.88. The van der Waals surface area contributed by atoms with Gasteiger partial charge in [-0.25, -0.2) is 0 Å². The molecule has 2 nitrogen and oxygen atoms in total. The third kappa shape index (κ3) is 11.1. The monoisotopic (exact) mass is 198 g/mol. The first kappa shape index (κ1) is 13.1. The van der Waals surface area contributed by atoms with Gasteiger partial charge in [0.25, 0.3) is 0 Å². The Labute approximate surface area is 87.6 Å². The van der Waals surface area contributed by atoms with Crippen LogP contribution >= 0.6 is 0 Å². The standard InChI is InChI=1S/C12H22O2/c1-11(2,3)13-9-7-8-10-14-12(4,5)6/h7-10H,1-6H3/b9-7+,10-8+. The van der Waals surface area contributed by atoms with Crippen LogP contribution in [0.5, 0.6) is 0 Å². The zero-order valence-electron chi connectivity index (χ0n) is 10.1. The molecule has 0 amide bonds. The fourth-order valence-corrected chi connectivity index (χ4v) is 0.578. The second-order valence-electron chi connectivity index (χ2n) is 5.12. The lowest BCUT2D eigenvalue weighted by Crippen LogP contribution is -2.15. The molecule has 0 aromatic heterocycles. The minimum Gasteiger partial charge on any atom is -0.496 e. The highest BCUT2D eigenvalue weighted by molar-refractivity contribution is 4.97. The molecule has 0 atom stereocenters. The lowest BCUT2D eigenvalue weighted by Gasteiger charge is -2.18. The average molecular weight is 198 g/mol. The molecule has 0 saturated heterocycles. The molecular weight excluding hydrogens is 176 g/mol. The maximum Gasteiger partial charge on any atom is 0.0998 e. The van der Waals surface area contributed by atoms with Crippen molar-refractivity contribution in [3.63, 3.8) is 0 Å². The first-order valence-corrected chi connectivity index (χ1v) is 4.88. The molecule has 0 bridgehead atoms. The summed E-state index contributed by atoms with van der Waals surface area (Å²) in [7, 11) is 0. The van der Waals surface area contributed by atoms with Crippen molar-refractivity contribution >= 4 is 0 Å². The Kier molecular flexibility index (Phi) is 4.75. The van der Waals surface area contributed by atoms with E-state index in [1.165, 1.54) is 0 Å². The third-order valence-corrected chi connectivity index (χ3v) is 1.11.